The van der Waals surface area contributed by atoms with Gasteiger partial charge in [0.15, 0.2) is 0 Å². The first kappa shape index (κ1) is 20.7. The summed E-state index contributed by atoms with van der Waals surface area (Å²) in [5.41, 5.74) is 1.77. The predicted octanol–water partition coefficient (Wildman–Crippen LogP) is 2.67. The van der Waals surface area contributed by atoms with Gasteiger partial charge in [0.2, 0.25) is 11.8 Å². The van der Waals surface area contributed by atoms with Crippen molar-refractivity contribution in [3.8, 4) is 5.75 Å². The summed E-state index contributed by atoms with van der Waals surface area (Å²) in [6, 6.07) is 11.6. The maximum absolute atomic E-state index is 12.4. The zero-order chi connectivity index (χ0) is 20.8. The van der Waals surface area contributed by atoms with Gasteiger partial charge in [-0.25, -0.2) is 0 Å². The van der Waals surface area contributed by atoms with E-state index in [4.69, 9.17) is 16.3 Å². The van der Waals surface area contributed by atoms with Crippen LogP contribution in [0, 0.1) is 6.92 Å². The topological polar surface area (TPSA) is 96.5 Å². The summed E-state index contributed by atoms with van der Waals surface area (Å²) in [6.07, 6.45) is 0.811. The van der Waals surface area contributed by atoms with Gasteiger partial charge in [-0.1, -0.05) is 29.8 Å². The first-order valence-corrected chi connectivity index (χ1v) is 9.68. The van der Waals surface area contributed by atoms with Crippen molar-refractivity contribution in [1.29, 1.82) is 0 Å². The van der Waals surface area contributed by atoms with Crippen LogP contribution in [0.25, 0.3) is 0 Å². The number of hydrogen-bond donors (Lipinski definition) is 3. The van der Waals surface area contributed by atoms with Gasteiger partial charge in [-0.2, -0.15) is 0 Å². The van der Waals surface area contributed by atoms with Gasteiger partial charge < -0.3 is 20.7 Å². The lowest BCUT2D eigenvalue weighted by Crippen LogP contribution is -2.37. The molecule has 0 radical (unpaired) electrons. The average molecular weight is 416 g/mol. The fraction of sp³-hybridized carbons (Fsp3) is 0.286. The standard InChI is InChI=1S/C21H22ClN3O4/c1-13-6-7-14(12-17(13)25-21(28)16-8-9-19(26)24-16)20(27)23-10-11-29-18-5-3-2-4-15(18)22/h2-7,12,16H,8-11H2,1H3,(H,23,27)(H,24,26)(H,25,28). The maximum Gasteiger partial charge on any atom is 0.251 e. The summed E-state index contributed by atoms with van der Waals surface area (Å²) in [7, 11) is 0. The summed E-state index contributed by atoms with van der Waals surface area (Å²) in [5, 5.41) is 8.70. The van der Waals surface area contributed by atoms with E-state index in [1.807, 2.05) is 19.1 Å². The molecule has 3 N–H and O–H groups in total. The highest BCUT2D eigenvalue weighted by atomic mass is 35.5. The van der Waals surface area contributed by atoms with E-state index in [0.29, 0.717) is 41.4 Å². The van der Waals surface area contributed by atoms with Gasteiger partial charge in [0, 0.05) is 17.7 Å². The van der Waals surface area contributed by atoms with E-state index in [2.05, 4.69) is 16.0 Å². The zero-order valence-electron chi connectivity index (χ0n) is 16.0. The monoisotopic (exact) mass is 415 g/mol. The van der Waals surface area contributed by atoms with Crippen LogP contribution in [-0.2, 0) is 9.59 Å². The molecule has 29 heavy (non-hydrogen) atoms. The van der Waals surface area contributed by atoms with E-state index in [0.717, 1.165) is 5.56 Å². The molecule has 1 heterocycles. The van der Waals surface area contributed by atoms with Crippen LogP contribution in [0.15, 0.2) is 42.5 Å². The minimum Gasteiger partial charge on any atom is -0.490 e. The number of carbonyl (C=O) groups is 3. The number of anilines is 1. The van der Waals surface area contributed by atoms with Crippen LogP contribution in [0.4, 0.5) is 5.69 Å². The van der Waals surface area contributed by atoms with E-state index < -0.39 is 6.04 Å². The second kappa shape index (κ2) is 9.43. The first-order chi connectivity index (χ1) is 13.9. The molecular formula is C21H22ClN3O4. The Morgan fingerprint density at radius 3 is 2.76 bits per heavy atom. The molecule has 0 aliphatic carbocycles. The fourth-order valence-corrected chi connectivity index (χ4v) is 3.11. The molecular weight excluding hydrogens is 394 g/mol. The molecule has 0 bridgehead atoms. The van der Waals surface area contributed by atoms with Gasteiger partial charge in [0.05, 0.1) is 11.6 Å². The Labute approximate surface area is 173 Å². The van der Waals surface area contributed by atoms with Crippen molar-refractivity contribution >= 4 is 35.0 Å². The number of ether oxygens (including phenoxy) is 1. The molecule has 8 heteroatoms. The van der Waals surface area contributed by atoms with E-state index in [9.17, 15) is 14.4 Å². The van der Waals surface area contributed by atoms with Crippen molar-refractivity contribution in [2.24, 2.45) is 0 Å². The Bertz CT molecular complexity index is 932. The van der Waals surface area contributed by atoms with Gasteiger partial charge in [-0.15, -0.1) is 0 Å². The largest absolute Gasteiger partial charge is 0.490 e. The van der Waals surface area contributed by atoms with Crippen molar-refractivity contribution in [1.82, 2.24) is 10.6 Å². The van der Waals surface area contributed by atoms with Crippen LogP contribution in [0.5, 0.6) is 5.75 Å². The Morgan fingerprint density at radius 1 is 1.24 bits per heavy atom. The Hall–Kier alpha value is -3.06. The van der Waals surface area contributed by atoms with Crippen molar-refractivity contribution in [2.75, 3.05) is 18.5 Å². The van der Waals surface area contributed by atoms with Gasteiger partial charge >= 0.3 is 0 Å². The molecule has 0 spiro atoms. The van der Waals surface area contributed by atoms with Gasteiger partial charge in [0.1, 0.15) is 18.4 Å². The lowest BCUT2D eigenvalue weighted by molar-refractivity contribution is -0.122. The predicted molar refractivity (Wildman–Crippen MR) is 110 cm³/mol. The molecule has 1 fully saturated rings. The summed E-state index contributed by atoms with van der Waals surface area (Å²) in [6.45, 7) is 2.40. The van der Waals surface area contributed by atoms with Gasteiger partial charge in [-0.3, -0.25) is 14.4 Å². The Balaban J connectivity index is 1.54. The summed E-state index contributed by atoms with van der Waals surface area (Å²) in [4.78, 5) is 36.0. The van der Waals surface area contributed by atoms with E-state index >= 15 is 0 Å². The third kappa shape index (κ3) is 5.48. The first-order valence-electron chi connectivity index (χ1n) is 9.30. The molecule has 7 nitrogen and oxygen atoms in total. The van der Waals surface area contributed by atoms with Crippen molar-refractivity contribution < 1.29 is 19.1 Å². The molecule has 1 saturated heterocycles. The Morgan fingerprint density at radius 2 is 2.03 bits per heavy atom. The van der Waals surface area contributed by atoms with Crippen molar-refractivity contribution in [2.45, 2.75) is 25.8 Å². The molecule has 1 unspecified atom stereocenters. The number of aryl methyl sites for hydroxylation is 1. The zero-order valence-corrected chi connectivity index (χ0v) is 16.7. The second-order valence-electron chi connectivity index (χ2n) is 6.71. The number of amides is 3. The molecule has 0 saturated carbocycles. The van der Waals surface area contributed by atoms with Gasteiger partial charge in [0.25, 0.3) is 5.91 Å². The highest BCUT2D eigenvalue weighted by Gasteiger charge is 2.27. The molecule has 3 rings (SSSR count). The lowest BCUT2D eigenvalue weighted by atomic mass is 10.1. The minimum absolute atomic E-state index is 0.131. The van der Waals surface area contributed by atoms with E-state index in [-0.39, 0.29) is 24.3 Å². The van der Waals surface area contributed by atoms with E-state index in [1.54, 1.807) is 30.3 Å². The molecule has 0 aromatic heterocycles. The van der Waals surface area contributed by atoms with Crippen molar-refractivity contribution in [3.05, 3.63) is 58.6 Å². The number of benzene rings is 2. The SMILES string of the molecule is Cc1ccc(C(=O)NCCOc2ccccc2Cl)cc1NC(=O)C1CCC(=O)N1. The molecule has 3 amide bonds. The molecule has 2 aromatic carbocycles. The molecule has 2 aromatic rings. The normalized spacial score (nSPS) is 15.5. The fourth-order valence-electron chi connectivity index (χ4n) is 2.92. The average Bonchev–Trinajstić information content (AvgIpc) is 3.14. The molecule has 1 aliphatic rings. The molecule has 152 valence electrons. The highest BCUT2D eigenvalue weighted by molar-refractivity contribution is 6.32. The summed E-state index contributed by atoms with van der Waals surface area (Å²) < 4.78 is 5.55. The third-order valence-corrected chi connectivity index (χ3v) is 4.86. The van der Waals surface area contributed by atoms with Crippen LogP contribution < -0.4 is 20.7 Å². The smallest absolute Gasteiger partial charge is 0.251 e. The highest BCUT2D eigenvalue weighted by Crippen LogP contribution is 2.23. The lowest BCUT2D eigenvalue weighted by Gasteiger charge is -2.14. The van der Waals surface area contributed by atoms with E-state index in [1.165, 1.54) is 0 Å². The number of carbonyl (C=O) groups excluding carboxylic acids is 3. The van der Waals surface area contributed by atoms with Crippen molar-refractivity contribution in [3.63, 3.8) is 0 Å². The summed E-state index contributed by atoms with van der Waals surface area (Å²) >= 11 is 6.02. The minimum atomic E-state index is -0.540. The van der Waals surface area contributed by atoms with Crippen LogP contribution in [0.2, 0.25) is 5.02 Å². The van der Waals surface area contributed by atoms with Crippen LogP contribution in [0.1, 0.15) is 28.8 Å². The molecule has 1 atom stereocenters. The molecule has 1 aliphatic heterocycles. The second-order valence-corrected chi connectivity index (χ2v) is 7.12. The maximum atomic E-state index is 12.4. The van der Waals surface area contributed by atoms with Gasteiger partial charge in [-0.05, 0) is 43.2 Å². The third-order valence-electron chi connectivity index (χ3n) is 4.55. The quantitative estimate of drug-likeness (QED) is 0.606. The summed E-state index contributed by atoms with van der Waals surface area (Å²) in [5.74, 6) is -0.140. The van der Waals surface area contributed by atoms with Crippen LogP contribution >= 0.6 is 11.6 Å². The number of nitrogens with one attached hydrogen (secondary N) is 3. The number of para-hydroxylation sites is 1. The van der Waals surface area contributed by atoms with Crippen LogP contribution in [-0.4, -0.2) is 36.9 Å². The number of halogens is 1. The van der Waals surface area contributed by atoms with Crippen LogP contribution in [0.3, 0.4) is 0 Å². The number of rotatable bonds is 7. The Kier molecular flexibility index (Phi) is 6.72. The number of hydrogen-bond acceptors (Lipinski definition) is 4.